The van der Waals surface area contributed by atoms with Gasteiger partial charge < -0.3 is 19.5 Å². The number of aromatic nitrogens is 2. The Morgan fingerprint density at radius 1 is 1.21 bits per heavy atom. The summed E-state index contributed by atoms with van der Waals surface area (Å²) < 4.78 is 7.48. The third kappa shape index (κ3) is 3.54. The van der Waals surface area contributed by atoms with Gasteiger partial charge in [-0.1, -0.05) is 30.3 Å². The van der Waals surface area contributed by atoms with E-state index in [4.69, 9.17) is 9.72 Å². The number of aryl methyl sites for hydroxylation is 1. The molecule has 0 spiro atoms. The maximum Gasteiger partial charge on any atom is 0.225 e. The highest BCUT2D eigenvalue weighted by Gasteiger charge is 2.28. The third-order valence-corrected chi connectivity index (χ3v) is 5.48. The first-order chi connectivity index (χ1) is 13.7. The van der Waals surface area contributed by atoms with Crippen LogP contribution in [-0.2, 0) is 18.4 Å². The van der Waals surface area contributed by atoms with Crippen LogP contribution in [0.5, 0.6) is 5.75 Å². The molecule has 0 bridgehead atoms. The molecule has 1 aliphatic heterocycles. The molecule has 0 aliphatic carbocycles. The first-order valence-electron chi connectivity index (χ1n) is 9.73. The monoisotopic (exact) mass is 378 g/mol. The highest BCUT2D eigenvalue weighted by molar-refractivity contribution is 5.81. The lowest BCUT2D eigenvalue weighted by Gasteiger charge is -2.32. The topological polar surface area (TPSA) is 59.4 Å². The van der Waals surface area contributed by atoms with E-state index in [9.17, 15) is 4.79 Å². The number of anilines is 1. The summed E-state index contributed by atoms with van der Waals surface area (Å²) in [5, 5.41) is 3.08. The SMILES string of the molecule is COc1ccccc1CNC(=O)C1CCCN(c2nc3ccccc3n2C)C1. The van der Waals surface area contributed by atoms with Gasteiger partial charge in [-0.2, -0.15) is 0 Å². The number of nitrogens with zero attached hydrogens (tertiary/aromatic N) is 3. The van der Waals surface area contributed by atoms with Gasteiger partial charge in [0.25, 0.3) is 0 Å². The first kappa shape index (κ1) is 18.3. The smallest absolute Gasteiger partial charge is 0.225 e. The number of para-hydroxylation sites is 3. The van der Waals surface area contributed by atoms with Crippen LogP contribution in [0.1, 0.15) is 18.4 Å². The van der Waals surface area contributed by atoms with E-state index in [1.54, 1.807) is 7.11 Å². The average Bonchev–Trinajstić information content (AvgIpc) is 3.09. The summed E-state index contributed by atoms with van der Waals surface area (Å²) in [6, 6.07) is 15.9. The van der Waals surface area contributed by atoms with Crippen LogP contribution in [0.15, 0.2) is 48.5 Å². The fourth-order valence-electron chi connectivity index (χ4n) is 3.96. The lowest BCUT2D eigenvalue weighted by molar-refractivity contribution is -0.125. The Labute approximate surface area is 165 Å². The molecule has 0 saturated carbocycles. The number of rotatable bonds is 5. The maximum atomic E-state index is 12.8. The summed E-state index contributed by atoms with van der Waals surface area (Å²) in [6.07, 6.45) is 1.88. The molecule has 1 aromatic heterocycles. The van der Waals surface area contributed by atoms with Crippen molar-refractivity contribution in [2.75, 3.05) is 25.1 Å². The first-order valence-corrected chi connectivity index (χ1v) is 9.73. The zero-order chi connectivity index (χ0) is 19.5. The Morgan fingerprint density at radius 2 is 2.00 bits per heavy atom. The Bertz CT molecular complexity index is 982. The fraction of sp³-hybridized carbons (Fsp3) is 0.364. The third-order valence-electron chi connectivity index (χ3n) is 5.48. The lowest BCUT2D eigenvalue weighted by atomic mass is 9.97. The van der Waals surface area contributed by atoms with Crippen LogP contribution in [0.3, 0.4) is 0 Å². The van der Waals surface area contributed by atoms with Gasteiger partial charge in [0, 0.05) is 32.2 Å². The maximum absolute atomic E-state index is 12.8. The van der Waals surface area contributed by atoms with Crippen molar-refractivity contribution < 1.29 is 9.53 Å². The molecule has 1 N–H and O–H groups in total. The van der Waals surface area contributed by atoms with Crippen molar-refractivity contribution >= 4 is 22.9 Å². The van der Waals surface area contributed by atoms with Crippen molar-refractivity contribution in [3.63, 3.8) is 0 Å². The predicted octanol–water partition coefficient (Wildman–Crippen LogP) is 3.11. The number of nitrogens with one attached hydrogen (secondary N) is 1. The van der Waals surface area contributed by atoms with Crippen molar-refractivity contribution in [3.8, 4) is 5.75 Å². The van der Waals surface area contributed by atoms with Gasteiger partial charge in [0.15, 0.2) is 0 Å². The van der Waals surface area contributed by atoms with Crippen molar-refractivity contribution in [2.24, 2.45) is 13.0 Å². The molecule has 0 radical (unpaired) electrons. The standard InChI is InChI=1S/C22H26N4O2/c1-25-19-11-5-4-10-18(19)24-22(25)26-13-7-9-17(15-26)21(27)23-14-16-8-3-6-12-20(16)28-2/h3-6,8,10-12,17H,7,9,13-15H2,1-2H3,(H,23,27). The zero-order valence-corrected chi connectivity index (χ0v) is 16.4. The molecular formula is C22H26N4O2. The minimum Gasteiger partial charge on any atom is -0.496 e. The molecule has 4 rings (SSSR count). The zero-order valence-electron chi connectivity index (χ0n) is 16.4. The Balaban J connectivity index is 1.44. The molecule has 1 unspecified atom stereocenters. The molecule has 28 heavy (non-hydrogen) atoms. The predicted molar refractivity (Wildman–Crippen MR) is 110 cm³/mol. The van der Waals surface area contributed by atoms with Crippen LogP contribution >= 0.6 is 0 Å². The van der Waals surface area contributed by atoms with Gasteiger partial charge in [-0.3, -0.25) is 4.79 Å². The van der Waals surface area contributed by atoms with Gasteiger partial charge >= 0.3 is 0 Å². The molecule has 1 aliphatic rings. The van der Waals surface area contributed by atoms with Gasteiger partial charge in [0.2, 0.25) is 11.9 Å². The van der Waals surface area contributed by atoms with Crippen molar-refractivity contribution in [2.45, 2.75) is 19.4 Å². The summed E-state index contributed by atoms with van der Waals surface area (Å²) in [6.45, 7) is 2.09. The molecule has 6 heteroatoms. The molecule has 2 heterocycles. The summed E-state index contributed by atoms with van der Waals surface area (Å²) in [5.41, 5.74) is 3.09. The Morgan fingerprint density at radius 3 is 2.82 bits per heavy atom. The van der Waals surface area contributed by atoms with Gasteiger partial charge in [-0.25, -0.2) is 4.98 Å². The summed E-state index contributed by atoms with van der Waals surface area (Å²) in [7, 11) is 3.69. The fourth-order valence-corrected chi connectivity index (χ4v) is 3.96. The van der Waals surface area contributed by atoms with Gasteiger partial charge in [-0.15, -0.1) is 0 Å². The summed E-state index contributed by atoms with van der Waals surface area (Å²) in [4.78, 5) is 19.8. The summed E-state index contributed by atoms with van der Waals surface area (Å²) >= 11 is 0. The largest absolute Gasteiger partial charge is 0.496 e. The molecule has 1 atom stereocenters. The van der Waals surface area contributed by atoms with Crippen molar-refractivity contribution in [1.29, 1.82) is 0 Å². The quantitative estimate of drug-likeness (QED) is 0.741. The van der Waals surface area contributed by atoms with E-state index < -0.39 is 0 Å². The van der Waals surface area contributed by atoms with Crippen LogP contribution in [0.4, 0.5) is 5.95 Å². The van der Waals surface area contributed by atoms with Gasteiger partial charge in [0.05, 0.1) is 24.1 Å². The average molecular weight is 378 g/mol. The number of carbonyl (C=O) groups excluding carboxylic acids is 1. The van der Waals surface area contributed by atoms with Crippen LogP contribution in [0.2, 0.25) is 0 Å². The van der Waals surface area contributed by atoms with Crippen LogP contribution in [-0.4, -0.2) is 35.7 Å². The van der Waals surface area contributed by atoms with E-state index in [1.165, 1.54) is 0 Å². The van der Waals surface area contributed by atoms with E-state index in [0.717, 1.165) is 47.7 Å². The minimum atomic E-state index is -0.0386. The molecule has 1 saturated heterocycles. The highest BCUT2D eigenvalue weighted by atomic mass is 16.5. The molecular weight excluding hydrogens is 352 g/mol. The molecule has 2 aromatic carbocycles. The van der Waals surface area contributed by atoms with E-state index in [-0.39, 0.29) is 11.8 Å². The van der Waals surface area contributed by atoms with Crippen LogP contribution in [0, 0.1) is 5.92 Å². The van der Waals surface area contributed by atoms with E-state index in [0.29, 0.717) is 13.1 Å². The number of imidazole rings is 1. The number of amides is 1. The second-order valence-corrected chi connectivity index (χ2v) is 7.27. The minimum absolute atomic E-state index is 0.0386. The Kier molecular flexibility index (Phi) is 5.19. The number of hydrogen-bond donors (Lipinski definition) is 1. The van der Waals surface area contributed by atoms with E-state index in [1.807, 2.05) is 49.5 Å². The van der Waals surface area contributed by atoms with Crippen LogP contribution < -0.4 is 15.0 Å². The van der Waals surface area contributed by atoms with Gasteiger partial charge in [-0.05, 0) is 31.0 Å². The van der Waals surface area contributed by atoms with Crippen molar-refractivity contribution in [3.05, 3.63) is 54.1 Å². The second kappa shape index (κ2) is 7.92. The number of ether oxygens (including phenoxy) is 1. The van der Waals surface area contributed by atoms with Crippen LogP contribution in [0.25, 0.3) is 11.0 Å². The van der Waals surface area contributed by atoms with E-state index >= 15 is 0 Å². The highest BCUT2D eigenvalue weighted by Crippen LogP contribution is 2.26. The normalized spacial score (nSPS) is 16.9. The number of carbonyl (C=O) groups is 1. The Hall–Kier alpha value is -3.02. The molecule has 1 fully saturated rings. The van der Waals surface area contributed by atoms with Gasteiger partial charge in [0.1, 0.15) is 5.75 Å². The summed E-state index contributed by atoms with van der Waals surface area (Å²) in [5.74, 6) is 1.79. The van der Waals surface area contributed by atoms with E-state index in [2.05, 4.69) is 20.9 Å². The number of methoxy groups -OCH3 is 1. The van der Waals surface area contributed by atoms with Crippen molar-refractivity contribution in [1.82, 2.24) is 14.9 Å². The molecule has 6 nitrogen and oxygen atoms in total. The second-order valence-electron chi connectivity index (χ2n) is 7.27. The number of fused-ring (bicyclic) bond motifs is 1. The molecule has 3 aromatic rings. The lowest BCUT2D eigenvalue weighted by Crippen LogP contribution is -2.43. The number of hydrogen-bond acceptors (Lipinski definition) is 4. The number of benzene rings is 2. The number of piperidine rings is 1. The molecule has 1 amide bonds. The molecule has 146 valence electrons.